The van der Waals surface area contributed by atoms with Gasteiger partial charge in [0, 0.05) is 5.56 Å². The third-order valence-electron chi connectivity index (χ3n) is 3.57. The summed E-state index contributed by atoms with van der Waals surface area (Å²) < 4.78 is 13.0. The van der Waals surface area contributed by atoms with Gasteiger partial charge in [-0.3, -0.25) is 0 Å². The molecule has 0 aliphatic carbocycles. The van der Waals surface area contributed by atoms with E-state index in [0.717, 1.165) is 22.6 Å². The molecule has 26 heavy (non-hydrogen) atoms. The summed E-state index contributed by atoms with van der Waals surface area (Å²) in [6.07, 6.45) is 1.73. The number of aromatic nitrogens is 3. The second kappa shape index (κ2) is 8.44. The van der Waals surface area contributed by atoms with E-state index in [1.54, 1.807) is 10.9 Å². The van der Waals surface area contributed by atoms with E-state index in [4.69, 9.17) is 21.7 Å². The Labute approximate surface area is 157 Å². The first kappa shape index (κ1) is 17.9. The molecule has 7 heteroatoms. The van der Waals surface area contributed by atoms with Crippen molar-refractivity contribution in [2.75, 3.05) is 13.2 Å². The Hall–Kier alpha value is -2.93. The van der Waals surface area contributed by atoms with Crippen molar-refractivity contribution in [1.29, 1.82) is 0 Å². The van der Waals surface area contributed by atoms with Gasteiger partial charge in [0.15, 0.2) is 5.82 Å². The largest absolute Gasteiger partial charge is 0.494 e. The molecule has 0 bridgehead atoms. The van der Waals surface area contributed by atoms with Gasteiger partial charge in [0.2, 0.25) is 4.77 Å². The quantitative estimate of drug-likeness (QED) is 0.499. The van der Waals surface area contributed by atoms with E-state index in [0.29, 0.717) is 23.8 Å². The zero-order valence-electron chi connectivity index (χ0n) is 14.7. The van der Waals surface area contributed by atoms with Crippen LogP contribution in [0.1, 0.15) is 19.4 Å². The number of rotatable bonds is 7. The first-order chi connectivity index (χ1) is 12.7. The summed E-state index contributed by atoms with van der Waals surface area (Å²) >= 11 is 5.31. The van der Waals surface area contributed by atoms with Gasteiger partial charge < -0.3 is 9.47 Å². The third kappa shape index (κ3) is 4.18. The highest BCUT2D eigenvalue weighted by Gasteiger charge is 2.09. The molecule has 0 spiro atoms. The Balaban J connectivity index is 1.88. The predicted molar refractivity (Wildman–Crippen MR) is 105 cm³/mol. The van der Waals surface area contributed by atoms with Crippen molar-refractivity contribution in [1.82, 2.24) is 14.9 Å². The summed E-state index contributed by atoms with van der Waals surface area (Å²) in [5, 5.41) is 11.6. The molecular weight excluding hydrogens is 348 g/mol. The lowest BCUT2D eigenvalue weighted by atomic mass is 10.2. The zero-order chi connectivity index (χ0) is 18.4. The smallest absolute Gasteiger partial charge is 0.216 e. The number of aromatic amines is 1. The Kier molecular flexibility index (Phi) is 5.80. The van der Waals surface area contributed by atoms with Crippen LogP contribution in [0.3, 0.4) is 0 Å². The number of ether oxygens (including phenoxy) is 2. The van der Waals surface area contributed by atoms with Gasteiger partial charge in [-0.2, -0.15) is 14.9 Å². The molecular formula is C19H20N4O2S. The second-order valence-corrected chi connectivity index (χ2v) is 5.76. The maximum atomic E-state index is 5.55. The number of hydrogen-bond donors (Lipinski definition) is 1. The summed E-state index contributed by atoms with van der Waals surface area (Å²) in [7, 11) is 0. The van der Waals surface area contributed by atoms with Crippen LogP contribution in [0.2, 0.25) is 0 Å². The van der Waals surface area contributed by atoms with Crippen LogP contribution in [0.15, 0.2) is 53.6 Å². The molecule has 2 aromatic carbocycles. The van der Waals surface area contributed by atoms with Crippen LogP contribution in [-0.2, 0) is 0 Å². The lowest BCUT2D eigenvalue weighted by molar-refractivity contribution is 0.340. The summed E-state index contributed by atoms with van der Waals surface area (Å²) in [6.45, 7) is 5.15. The van der Waals surface area contributed by atoms with Crippen LogP contribution < -0.4 is 9.47 Å². The van der Waals surface area contributed by atoms with E-state index >= 15 is 0 Å². The lowest BCUT2D eigenvalue weighted by Crippen LogP contribution is -1.96. The number of H-pyrrole nitrogens is 1. The minimum atomic E-state index is 0.420. The average Bonchev–Trinajstić information content (AvgIpc) is 3.03. The van der Waals surface area contributed by atoms with Crippen molar-refractivity contribution in [2.45, 2.75) is 13.8 Å². The maximum Gasteiger partial charge on any atom is 0.216 e. The Morgan fingerprint density at radius 2 is 1.81 bits per heavy atom. The molecule has 3 rings (SSSR count). The van der Waals surface area contributed by atoms with Crippen molar-refractivity contribution in [3.63, 3.8) is 0 Å². The van der Waals surface area contributed by atoms with Gasteiger partial charge in [0.25, 0.3) is 0 Å². The van der Waals surface area contributed by atoms with Crippen LogP contribution in [0.25, 0.3) is 11.4 Å². The number of nitrogens with zero attached hydrogens (tertiary/aromatic N) is 3. The molecule has 0 amide bonds. The highest BCUT2D eigenvalue weighted by molar-refractivity contribution is 7.71. The molecule has 1 N–H and O–H groups in total. The van der Waals surface area contributed by atoms with E-state index in [-0.39, 0.29) is 0 Å². The Bertz CT molecular complexity index is 945. The maximum absolute atomic E-state index is 5.55. The van der Waals surface area contributed by atoms with Crippen LogP contribution in [-0.4, -0.2) is 34.3 Å². The minimum absolute atomic E-state index is 0.420. The molecule has 0 atom stereocenters. The first-order valence-corrected chi connectivity index (χ1v) is 8.80. The molecule has 0 saturated heterocycles. The molecule has 0 fully saturated rings. The molecule has 3 aromatic rings. The van der Waals surface area contributed by atoms with Crippen molar-refractivity contribution in [3.8, 4) is 22.9 Å². The SMILES string of the molecule is CCOc1ccc(/C=N/n2c(-c3cccc(OCC)c3)n[nH]c2=S)cc1. The summed E-state index contributed by atoms with van der Waals surface area (Å²) in [6, 6.07) is 15.4. The molecule has 134 valence electrons. The lowest BCUT2D eigenvalue weighted by Gasteiger charge is -2.05. The van der Waals surface area contributed by atoms with E-state index in [2.05, 4.69) is 15.3 Å². The van der Waals surface area contributed by atoms with Crippen LogP contribution in [0.4, 0.5) is 0 Å². The summed E-state index contributed by atoms with van der Waals surface area (Å²) in [5.41, 5.74) is 1.80. The topological polar surface area (TPSA) is 64.4 Å². The van der Waals surface area contributed by atoms with Crippen molar-refractivity contribution < 1.29 is 9.47 Å². The van der Waals surface area contributed by atoms with Gasteiger partial charge in [-0.15, -0.1) is 0 Å². The van der Waals surface area contributed by atoms with E-state index in [9.17, 15) is 0 Å². The fourth-order valence-corrected chi connectivity index (χ4v) is 2.60. The predicted octanol–water partition coefficient (Wildman–Crippen LogP) is 4.29. The van der Waals surface area contributed by atoms with Crippen molar-refractivity contribution in [3.05, 3.63) is 58.9 Å². The van der Waals surface area contributed by atoms with Gasteiger partial charge in [0.05, 0.1) is 19.4 Å². The number of nitrogens with one attached hydrogen (secondary N) is 1. The molecule has 0 aliphatic heterocycles. The Morgan fingerprint density at radius 3 is 2.54 bits per heavy atom. The summed E-state index contributed by atoms with van der Waals surface area (Å²) in [4.78, 5) is 0. The summed E-state index contributed by atoms with van der Waals surface area (Å²) in [5.74, 6) is 2.23. The zero-order valence-corrected chi connectivity index (χ0v) is 15.5. The highest BCUT2D eigenvalue weighted by atomic mass is 32.1. The molecule has 1 aromatic heterocycles. The molecule has 6 nitrogen and oxygen atoms in total. The van der Waals surface area contributed by atoms with E-state index < -0.39 is 0 Å². The van der Waals surface area contributed by atoms with Crippen LogP contribution in [0, 0.1) is 4.77 Å². The van der Waals surface area contributed by atoms with Crippen molar-refractivity contribution >= 4 is 18.4 Å². The van der Waals surface area contributed by atoms with Crippen LogP contribution >= 0.6 is 12.2 Å². The molecule has 0 unspecified atom stereocenters. The molecule has 0 saturated carbocycles. The van der Waals surface area contributed by atoms with Gasteiger partial charge >= 0.3 is 0 Å². The van der Waals surface area contributed by atoms with Crippen molar-refractivity contribution in [2.24, 2.45) is 5.10 Å². The van der Waals surface area contributed by atoms with Gasteiger partial charge in [-0.1, -0.05) is 12.1 Å². The second-order valence-electron chi connectivity index (χ2n) is 5.37. The monoisotopic (exact) mass is 368 g/mol. The van der Waals surface area contributed by atoms with Gasteiger partial charge in [-0.25, -0.2) is 5.10 Å². The number of hydrogen-bond acceptors (Lipinski definition) is 5. The molecule has 0 radical (unpaired) electrons. The van der Waals surface area contributed by atoms with E-state index in [1.807, 2.05) is 62.4 Å². The standard InChI is InChI=1S/C19H20N4O2S/c1-3-24-16-10-8-14(9-11-16)13-20-23-18(21-22-19(23)26)15-6-5-7-17(12-15)25-4-2/h5-13H,3-4H2,1-2H3,(H,22,26)/b20-13+. The van der Waals surface area contributed by atoms with Crippen LogP contribution in [0.5, 0.6) is 11.5 Å². The third-order valence-corrected chi connectivity index (χ3v) is 3.83. The average molecular weight is 368 g/mol. The normalized spacial score (nSPS) is 11.0. The number of benzene rings is 2. The van der Waals surface area contributed by atoms with Gasteiger partial charge in [0.1, 0.15) is 11.5 Å². The fourth-order valence-electron chi connectivity index (χ4n) is 2.42. The molecule has 0 aliphatic rings. The fraction of sp³-hybridized carbons (Fsp3) is 0.211. The first-order valence-electron chi connectivity index (χ1n) is 8.39. The highest BCUT2D eigenvalue weighted by Crippen LogP contribution is 2.22. The van der Waals surface area contributed by atoms with Gasteiger partial charge in [-0.05, 0) is 68.0 Å². The van der Waals surface area contributed by atoms with E-state index in [1.165, 1.54) is 0 Å². The Morgan fingerprint density at radius 1 is 1.08 bits per heavy atom. The minimum Gasteiger partial charge on any atom is -0.494 e. The molecule has 1 heterocycles.